The van der Waals surface area contributed by atoms with E-state index < -0.39 is 0 Å². The van der Waals surface area contributed by atoms with Gasteiger partial charge in [0.05, 0.1) is 10.7 Å². The van der Waals surface area contributed by atoms with Crippen LogP contribution in [0.5, 0.6) is 0 Å². The van der Waals surface area contributed by atoms with Crippen LogP contribution >= 0.6 is 11.6 Å². The molecule has 2 aromatic carbocycles. The molecular formula is C17H17ClN2O. The summed E-state index contributed by atoms with van der Waals surface area (Å²) in [4.78, 5) is 14.6. The number of carbonyl (C=O) groups is 1. The number of halogens is 1. The van der Waals surface area contributed by atoms with Crippen LogP contribution in [0.2, 0.25) is 5.02 Å². The van der Waals surface area contributed by atoms with E-state index in [0.29, 0.717) is 16.3 Å². The number of fused-ring (bicyclic) bond motifs is 1. The van der Waals surface area contributed by atoms with Crippen molar-refractivity contribution in [3.63, 3.8) is 0 Å². The lowest BCUT2D eigenvalue weighted by Crippen LogP contribution is -2.35. The van der Waals surface area contributed by atoms with Crippen molar-refractivity contribution < 1.29 is 4.79 Å². The number of aryl methyl sites for hydroxylation is 2. The Bertz CT molecular complexity index is 712. The van der Waals surface area contributed by atoms with Gasteiger partial charge >= 0.3 is 0 Å². The standard InChI is InChI=1S/C17H17ClN2O/c1-11-4-7-16-12(9-11)3-2-8-20(16)17(21)13-5-6-14(18)15(19)10-13/h4-7,9-10H,2-3,8,19H2,1H3. The second kappa shape index (κ2) is 5.41. The van der Waals surface area contributed by atoms with E-state index in [-0.39, 0.29) is 5.91 Å². The average molecular weight is 301 g/mol. The van der Waals surface area contributed by atoms with Gasteiger partial charge in [0.25, 0.3) is 5.91 Å². The number of carbonyl (C=O) groups excluding carboxylic acids is 1. The molecule has 1 aliphatic rings. The van der Waals surface area contributed by atoms with Gasteiger partial charge in [0.1, 0.15) is 0 Å². The molecule has 0 spiro atoms. The summed E-state index contributed by atoms with van der Waals surface area (Å²) < 4.78 is 0. The molecule has 0 saturated heterocycles. The minimum Gasteiger partial charge on any atom is -0.398 e. The molecule has 0 atom stereocenters. The lowest BCUT2D eigenvalue weighted by Gasteiger charge is -2.30. The Morgan fingerprint density at radius 1 is 1.24 bits per heavy atom. The van der Waals surface area contributed by atoms with Crippen LogP contribution in [0.15, 0.2) is 36.4 Å². The summed E-state index contributed by atoms with van der Waals surface area (Å²) in [6, 6.07) is 11.3. The van der Waals surface area contributed by atoms with Crippen molar-refractivity contribution >= 4 is 28.9 Å². The third-order valence-electron chi connectivity index (χ3n) is 3.84. The van der Waals surface area contributed by atoms with Gasteiger partial charge in [0.2, 0.25) is 0 Å². The highest BCUT2D eigenvalue weighted by molar-refractivity contribution is 6.33. The lowest BCUT2D eigenvalue weighted by atomic mass is 9.99. The molecule has 0 fully saturated rings. The van der Waals surface area contributed by atoms with Crippen LogP contribution in [0.3, 0.4) is 0 Å². The fourth-order valence-corrected chi connectivity index (χ4v) is 2.89. The molecule has 3 rings (SSSR count). The molecule has 0 aromatic heterocycles. The van der Waals surface area contributed by atoms with Gasteiger partial charge in [0.15, 0.2) is 0 Å². The van der Waals surface area contributed by atoms with Crippen LogP contribution in [0, 0.1) is 6.92 Å². The number of anilines is 2. The fraction of sp³-hybridized carbons (Fsp3) is 0.235. The second-order valence-electron chi connectivity index (χ2n) is 5.43. The number of nitrogens with zero attached hydrogens (tertiary/aromatic N) is 1. The topological polar surface area (TPSA) is 46.3 Å². The van der Waals surface area contributed by atoms with Gasteiger partial charge in [-0.25, -0.2) is 0 Å². The highest BCUT2D eigenvalue weighted by Crippen LogP contribution is 2.30. The molecule has 1 amide bonds. The Labute approximate surface area is 129 Å². The molecule has 1 aliphatic heterocycles. The molecule has 3 nitrogen and oxygen atoms in total. The van der Waals surface area contributed by atoms with Gasteiger partial charge < -0.3 is 10.6 Å². The molecule has 108 valence electrons. The number of hydrogen-bond donors (Lipinski definition) is 1. The Kier molecular flexibility index (Phi) is 3.60. The predicted molar refractivity (Wildman–Crippen MR) is 87.0 cm³/mol. The number of nitrogen functional groups attached to an aromatic ring is 1. The lowest BCUT2D eigenvalue weighted by molar-refractivity contribution is 0.0985. The van der Waals surface area contributed by atoms with Crippen LogP contribution in [0.1, 0.15) is 27.9 Å². The summed E-state index contributed by atoms with van der Waals surface area (Å²) in [5.41, 5.74) is 10.3. The van der Waals surface area contributed by atoms with Crippen molar-refractivity contribution in [1.29, 1.82) is 0 Å². The molecule has 0 unspecified atom stereocenters. The molecule has 2 N–H and O–H groups in total. The third kappa shape index (κ3) is 2.61. The molecular weight excluding hydrogens is 284 g/mol. The van der Waals surface area contributed by atoms with Crippen LogP contribution < -0.4 is 10.6 Å². The predicted octanol–water partition coefficient (Wildman–Crippen LogP) is 3.82. The largest absolute Gasteiger partial charge is 0.398 e. The normalized spacial score (nSPS) is 13.9. The first kappa shape index (κ1) is 14.0. The highest BCUT2D eigenvalue weighted by atomic mass is 35.5. The number of rotatable bonds is 1. The molecule has 0 radical (unpaired) electrons. The summed E-state index contributed by atoms with van der Waals surface area (Å²) in [6.45, 7) is 2.80. The molecule has 0 aliphatic carbocycles. The molecule has 2 aromatic rings. The molecule has 21 heavy (non-hydrogen) atoms. The van der Waals surface area contributed by atoms with Crippen LogP contribution in [-0.2, 0) is 6.42 Å². The van der Waals surface area contributed by atoms with Gasteiger partial charge in [0, 0.05) is 17.8 Å². The Hall–Kier alpha value is -2.00. The minimum absolute atomic E-state index is 0.0248. The summed E-state index contributed by atoms with van der Waals surface area (Å²) in [7, 11) is 0. The number of benzene rings is 2. The maximum absolute atomic E-state index is 12.7. The van der Waals surface area contributed by atoms with Gasteiger partial charge in [-0.15, -0.1) is 0 Å². The van der Waals surface area contributed by atoms with E-state index in [9.17, 15) is 4.79 Å². The first-order valence-corrected chi connectivity index (χ1v) is 7.40. The quantitative estimate of drug-likeness (QED) is 0.814. The van der Waals surface area contributed by atoms with E-state index in [0.717, 1.165) is 25.1 Å². The Morgan fingerprint density at radius 3 is 2.81 bits per heavy atom. The SMILES string of the molecule is Cc1ccc2c(c1)CCCN2C(=O)c1ccc(Cl)c(N)c1. The van der Waals surface area contributed by atoms with Gasteiger partial charge in [-0.2, -0.15) is 0 Å². The number of hydrogen-bond acceptors (Lipinski definition) is 2. The van der Waals surface area contributed by atoms with E-state index in [4.69, 9.17) is 17.3 Å². The zero-order valence-electron chi connectivity index (χ0n) is 11.9. The zero-order valence-corrected chi connectivity index (χ0v) is 12.7. The van der Waals surface area contributed by atoms with Crippen LogP contribution in [0.4, 0.5) is 11.4 Å². The van der Waals surface area contributed by atoms with Crippen molar-refractivity contribution in [1.82, 2.24) is 0 Å². The van der Waals surface area contributed by atoms with Gasteiger partial charge in [-0.3, -0.25) is 4.79 Å². The summed E-state index contributed by atoms with van der Waals surface area (Å²) in [6.07, 6.45) is 1.99. The molecule has 1 heterocycles. The van der Waals surface area contributed by atoms with E-state index >= 15 is 0 Å². The monoisotopic (exact) mass is 300 g/mol. The van der Waals surface area contributed by atoms with Crippen molar-refractivity contribution in [3.05, 3.63) is 58.1 Å². The summed E-state index contributed by atoms with van der Waals surface area (Å²) >= 11 is 5.92. The first-order chi connectivity index (χ1) is 10.1. The fourth-order valence-electron chi connectivity index (χ4n) is 2.77. The van der Waals surface area contributed by atoms with Crippen molar-refractivity contribution in [2.24, 2.45) is 0 Å². The van der Waals surface area contributed by atoms with E-state index in [1.807, 2.05) is 17.0 Å². The third-order valence-corrected chi connectivity index (χ3v) is 4.19. The van der Waals surface area contributed by atoms with E-state index in [1.54, 1.807) is 18.2 Å². The van der Waals surface area contributed by atoms with E-state index in [2.05, 4.69) is 13.0 Å². The van der Waals surface area contributed by atoms with E-state index in [1.165, 1.54) is 11.1 Å². The van der Waals surface area contributed by atoms with Gasteiger partial charge in [-0.1, -0.05) is 29.3 Å². The number of nitrogens with two attached hydrogens (primary N) is 1. The van der Waals surface area contributed by atoms with Crippen molar-refractivity contribution in [2.75, 3.05) is 17.2 Å². The number of amides is 1. The second-order valence-corrected chi connectivity index (χ2v) is 5.84. The smallest absolute Gasteiger partial charge is 0.258 e. The zero-order chi connectivity index (χ0) is 15.0. The average Bonchev–Trinajstić information content (AvgIpc) is 2.48. The molecule has 4 heteroatoms. The molecule has 0 bridgehead atoms. The first-order valence-electron chi connectivity index (χ1n) is 7.02. The van der Waals surface area contributed by atoms with Crippen molar-refractivity contribution in [2.45, 2.75) is 19.8 Å². The van der Waals surface area contributed by atoms with Crippen LogP contribution in [-0.4, -0.2) is 12.5 Å². The summed E-state index contributed by atoms with van der Waals surface area (Å²) in [5.74, 6) is -0.0248. The maximum atomic E-state index is 12.7. The highest BCUT2D eigenvalue weighted by Gasteiger charge is 2.23. The van der Waals surface area contributed by atoms with Crippen LogP contribution in [0.25, 0.3) is 0 Å². The maximum Gasteiger partial charge on any atom is 0.258 e. The Morgan fingerprint density at radius 2 is 2.05 bits per heavy atom. The summed E-state index contributed by atoms with van der Waals surface area (Å²) in [5, 5.41) is 0.473. The Balaban J connectivity index is 1.98. The van der Waals surface area contributed by atoms with Gasteiger partial charge in [-0.05, 0) is 49.6 Å². The van der Waals surface area contributed by atoms with Crippen molar-refractivity contribution in [3.8, 4) is 0 Å². The molecule has 0 saturated carbocycles. The minimum atomic E-state index is -0.0248.